The Morgan fingerprint density at radius 2 is 2.00 bits per heavy atom. The molecule has 1 aromatic carbocycles. The minimum Gasteiger partial charge on any atom is -0.349 e. The Kier molecular flexibility index (Phi) is 5.12. The fraction of sp³-hybridized carbons (Fsp3) is 0.273. The van der Waals surface area contributed by atoms with Crippen LogP contribution in [0.25, 0.3) is 22.2 Å². The van der Waals surface area contributed by atoms with Crippen LogP contribution in [0.15, 0.2) is 48.8 Å². The van der Waals surface area contributed by atoms with E-state index < -0.39 is 0 Å². The normalized spacial score (nSPS) is 11.1. The lowest BCUT2D eigenvalue weighted by Crippen LogP contribution is -2.27. The average Bonchev–Trinajstić information content (AvgIpc) is 3.31. The van der Waals surface area contributed by atoms with Crippen LogP contribution < -0.4 is 5.32 Å². The van der Waals surface area contributed by atoms with Crippen LogP contribution >= 0.6 is 0 Å². The quantitative estimate of drug-likeness (QED) is 0.550. The number of rotatable bonds is 6. The molecular weight excluding hydrogens is 364 g/mol. The summed E-state index contributed by atoms with van der Waals surface area (Å²) in [5.74, 6) is -0.122. The van der Waals surface area contributed by atoms with Crippen molar-refractivity contribution < 1.29 is 4.79 Å². The Morgan fingerprint density at radius 3 is 2.76 bits per heavy atom. The van der Waals surface area contributed by atoms with E-state index >= 15 is 0 Å². The second kappa shape index (κ2) is 7.87. The molecule has 0 saturated heterocycles. The summed E-state index contributed by atoms with van der Waals surface area (Å²) >= 11 is 0. The van der Waals surface area contributed by atoms with Gasteiger partial charge in [-0.1, -0.05) is 29.8 Å². The lowest BCUT2D eigenvalue weighted by molar-refractivity contribution is -0.121. The molecule has 0 spiro atoms. The van der Waals surface area contributed by atoms with Gasteiger partial charge in [-0.3, -0.25) is 9.48 Å². The molecule has 3 heterocycles. The largest absolute Gasteiger partial charge is 0.349 e. The highest BCUT2D eigenvalue weighted by Gasteiger charge is 2.16. The van der Waals surface area contributed by atoms with E-state index in [-0.39, 0.29) is 12.5 Å². The minimum atomic E-state index is -0.122. The number of fused-ring (bicyclic) bond motifs is 1. The third kappa shape index (κ3) is 3.89. The van der Waals surface area contributed by atoms with Crippen LogP contribution in [0.5, 0.6) is 0 Å². The highest BCUT2D eigenvalue weighted by molar-refractivity contribution is 5.95. The standard InChI is InChI=1S/C22H24N6O/c1-4-27-11-9-18(26-27)13-24-20(29)14-28-22-21(16(3)25-28)19(8-10-23-22)17-7-5-6-15(2)12-17/h5-12H,4,13-14H2,1-3H3,(H,24,29). The Bertz CT molecular complexity index is 1170. The first kappa shape index (κ1) is 18.9. The van der Waals surface area contributed by atoms with E-state index in [0.717, 1.165) is 34.4 Å². The Hall–Kier alpha value is -3.48. The number of nitrogens with zero attached hydrogens (tertiary/aromatic N) is 5. The first-order chi connectivity index (χ1) is 14.0. The summed E-state index contributed by atoms with van der Waals surface area (Å²) in [6.45, 7) is 7.37. The molecule has 7 heteroatoms. The molecule has 4 aromatic rings. The van der Waals surface area contributed by atoms with Crippen molar-refractivity contribution in [2.45, 2.75) is 40.4 Å². The topological polar surface area (TPSA) is 77.6 Å². The van der Waals surface area contributed by atoms with Gasteiger partial charge in [0.25, 0.3) is 0 Å². The maximum Gasteiger partial charge on any atom is 0.242 e. The molecule has 0 fully saturated rings. The summed E-state index contributed by atoms with van der Waals surface area (Å²) in [7, 11) is 0. The molecule has 7 nitrogen and oxygen atoms in total. The first-order valence-corrected chi connectivity index (χ1v) is 9.73. The summed E-state index contributed by atoms with van der Waals surface area (Å²) < 4.78 is 3.51. The summed E-state index contributed by atoms with van der Waals surface area (Å²) in [4.78, 5) is 17.0. The van der Waals surface area contributed by atoms with E-state index in [4.69, 9.17) is 0 Å². The van der Waals surface area contributed by atoms with Gasteiger partial charge in [-0.05, 0) is 44.0 Å². The van der Waals surface area contributed by atoms with Crippen LogP contribution in [0.3, 0.4) is 0 Å². The number of pyridine rings is 1. The molecule has 0 aliphatic heterocycles. The van der Waals surface area contributed by atoms with E-state index in [1.165, 1.54) is 5.56 Å². The molecule has 0 atom stereocenters. The number of aromatic nitrogens is 5. The van der Waals surface area contributed by atoms with E-state index in [1.54, 1.807) is 10.9 Å². The van der Waals surface area contributed by atoms with Gasteiger partial charge in [0, 0.05) is 24.3 Å². The summed E-state index contributed by atoms with van der Waals surface area (Å²) in [5, 5.41) is 12.9. The third-order valence-corrected chi connectivity index (χ3v) is 4.92. The fourth-order valence-electron chi connectivity index (χ4n) is 3.50. The number of aryl methyl sites for hydroxylation is 3. The van der Waals surface area contributed by atoms with Crippen LogP contribution in [-0.4, -0.2) is 30.5 Å². The van der Waals surface area contributed by atoms with Crippen molar-refractivity contribution in [3.05, 3.63) is 65.7 Å². The number of carbonyl (C=O) groups excluding carboxylic acids is 1. The number of nitrogens with one attached hydrogen (secondary N) is 1. The van der Waals surface area contributed by atoms with Crippen molar-refractivity contribution in [3.63, 3.8) is 0 Å². The molecule has 4 rings (SSSR count). The molecule has 1 N–H and O–H groups in total. The number of benzene rings is 1. The van der Waals surface area contributed by atoms with Gasteiger partial charge in [0.1, 0.15) is 6.54 Å². The van der Waals surface area contributed by atoms with Gasteiger partial charge in [0.15, 0.2) is 5.65 Å². The lowest BCUT2D eigenvalue weighted by Gasteiger charge is -2.07. The summed E-state index contributed by atoms with van der Waals surface area (Å²) in [5.41, 5.74) is 5.80. The Balaban J connectivity index is 1.57. The maximum absolute atomic E-state index is 12.5. The maximum atomic E-state index is 12.5. The van der Waals surface area contributed by atoms with Gasteiger partial charge in [-0.15, -0.1) is 0 Å². The minimum absolute atomic E-state index is 0.114. The molecule has 0 saturated carbocycles. The van der Waals surface area contributed by atoms with Crippen molar-refractivity contribution in [1.29, 1.82) is 0 Å². The van der Waals surface area contributed by atoms with Gasteiger partial charge in [0.05, 0.1) is 17.9 Å². The van der Waals surface area contributed by atoms with Crippen molar-refractivity contribution in [2.24, 2.45) is 0 Å². The van der Waals surface area contributed by atoms with Gasteiger partial charge in [-0.25, -0.2) is 9.67 Å². The van der Waals surface area contributed by atoms with E-state index in [2.05, 4.69) is 45.6 Å². The molecular formula is C22H24N6O. The van der Waals surface area contributed by atoms with Crippen molar-refractivity contribution in [3.8, 4) is 11.1 Å². The molecule has 0 aliphatic rings. The van der Waals surface area contributed by atoms with Crippen LogP contribution in [-0.2, 0) is 24.4 Å². The van der Waals surface area contributed by atoms with Crippen LogP contribution in [0.1, 0.15) is 23.9 Å². The predicted octanol–water partition coefficient (Wildman–Crippen LogP) is 3.25. The van der Waals surface area contributed by atoms with Crippen molar-refractivity contribution >= 4 is 16.9 Å². The number of amides is 1. The van der Waals surface area contributed by atoms with Crippen molar-refractivity contribution in [1.82, 2.24) is 29.9 Å². The number of hydrogen-bond acceptors (Lipinski definition) is 4. The SMILES string of the molecule is CCn1ccc(CNC(=O)Cn2nc(C)c3c(-c4cccc(C)c4)ccnc32)n1. The van der Waals surface area contributed by atoms with Gasteiger partial charge in [0.2, 0.25) is 5.91 Å². The highest BCUT2D eigenvalue weighted by Crippen LogP contribution is 2.30. The summed E-state index contributed by atoms with van der Waals surface area (Å²) in [6.07, 6.45) is 3.68. The van der Waals surface area contributed by atoms with Crippen molar-refractivity contribution in [2.75, 3.05) is 0 Å². The van der Waals surface area contributed by atoms with Gasteiger partial charge >= 0.3 is 0 Å². The monoisotopic (exact) mass is 388 g/mol. The second-order valence-electron chi connectivity index (χ2n) is 7.11. The van der Waals surface area contributed by atoms with Crippen LogP contribution in [0.4, 0.5) is 0 Å². The molecule has 0 unspecified atom stereocenters. The molecule has 148 valence electrons. The molecule has 29 heavy (non-hydrogen) atoms. The zero-order valence-corrected chi connectivity index (χ0v) is 16.9. The van der Waals surface area contributed by atoms with Crippen LogP contribution in [0, 0.1) is 13.8 Å². The number of carbonyl (C=O) groups is 1. The highest BCUT2D eigenvalue weighted by atomic mass is 16.2. The first-order valence-electron chi connectivity index (χ1n) is 9.73. The van der Waals surface area contributed by atoms with Gasteiger partial charge in [-0.2, -0.15) is 10.2 Å². The van der Waals surface area contributed by atoms with E-state index in [1.807, 2.05) is 42.9 Å². The smallest absolute Gasteiger partial charge is 0.242 e. The molecule has 3 aromatic heterocycles. The predicted molar refractivity (Wildman–Crippen MR) is 112 cm³/mol. The van der Waals surface area contributed by atoms with E-state index in [9.17, 15) is 4.79 Å². The van der Waals surface area contributed by atoms with Crippen LogP contribution in [0.2, 0.25) is 0 Å². The zero-order valence-electron chi connectivity index (χ0n) is 16.9. The fourth-order valence-corrected chi connectivity index (χ4v) is 3.50. The molecule has 0 bridgehead atoms. The lowest BCUT2D eigenvalue weighted by atomic mass is 10.0. The molecule has 0 aliphatic carbocycles. The summed E-state index contributed by atoms with van der Waals surface area (Å²) in [6, 6.07) is 12.3. The third-order valence-electron chi connectivity index (χ3n) is 4.92. The number of hydrogen-bond donors (Lipinski definition) is 1. The average molecular weight is 388 g/mol. The van der Waals surface area contributed by atoms with Gasteiger partial charge < -0.3 is 5.32 Å². The molecule has 1 amide bonds. The van der Waals surface area contributed by atoms with E-state index in [0.29, 0.717) is 12.2 Å². The Morgan fingerprint density at radius 1 is 1.14 bits per heavy atom. The molecule has 0 radical (unpaired) electrons. The second-order valence-corrected chi connectivity index (χ2v) is 7.11. The Labute approximate surface area is 169 Å². The zero-order chi connectivity index (χ0) is 20.4.